The van der Waals surface area contributed by atoms with Crippen molar-refractivity contribution in [2.75, 3.05) is 13.1 Å². The highest BCUT2D eigenvalue weighted by atomic mass is 16.5. The smallest absolute Gasteiger partial charge is 0.233 e. The van der Waals surface area contributed by atoms with E-state index < -0.39 is 0 Å². The average Bonchev–Trinajstić information content (AvgIpc) is 3.62. The second kappa shape index (κ2) is 6.18. The number of benzene rings is 1. The SMILES string of the molecule is Cc1nc(C2(CC3CC3)CCCN(C(=O)C3(c4ccccc4)CC3)C2)no1. The standard InChI is InChI=1S/C22H27N3O2/c1-16-23-19(24-27-16)21(14-17-8-9-17)10-5-13-25(15-21)20(26)22(11-12-22)18-6-3-2-4-7-18/h2-4,6-7,17H,5,8-15H2,1H3. The van der Waals surface area contributed by atoms with E-state index in [1.165, 1.54) is 18.4 Å². The number of likely N-dealkylation sites (tertiary alicyclic amines) is 1. The number of piperidine rings is 1. The Balaban J connectivity index is 1.43. The van der Waals surface area contributed by atoms with Crippen LogP contribution in [0, 0.1) is 12.8 Å². The normalized spacial score (nSPS) is 26.8. The fourth-order valence-corrected chi connectivity index (χ4v) is 4.95. The van der Waals surface area contributed by atoms with Crippen LogP contribution in [0.1, 0.15) is 62.2 Å². The molecule has 2 aliphatic carbocycles. The van der Waals surface area contributed by atoms with E-state index in [1.807, 2.05) is 25.1 Å². The van der Waals surface area contributed by atoms with E-state index in [0.29, 0.717) is 11.8 Å². The van der Waals surface area contributed by atoms with Gasteiger partial charge in [0, 0.05) is 20.0 Å². The number of hydrogen-bond donors (Lipinski definition) is 0. The maximum Gasteiger partial charge on any atom is 0.233 e. The molecule has 1 saturated heterocycles. The van der Waals surface area contributed by atoms with E-state index in [1.54, 1.807) is 0 Å². The van der Waals surface area contributed by atoms with E-state index in [0.717, 1.165) is 56.9 Å². The van der Waals surface area contributed by atoms with Crippen molar-refractivity contribution in [1.29, 1.82) is 0 Å². The van der Waals surface area contributed by atoms with Crippen LogP contribution < -0.4 is 0 Å². The van der Waals surface area contributed by atoms with Crippen LogP contribution in [-0.2, 0) is 15.6 Å². The first-order valence-corrected chi connectivity index (χ1v) is 10.3. The molecule has 1 aromatic carbocycles. The van der Waals surface area contributed by atoms with Crippen LogP contribution in [0.25, 0.3) is 0 Å². The van der Waals surface area contributed by atoms with Crippen molar-refractivity contribution >= 4 is 5.91 Å². The number of nitrogens with zero attached hydrogens (tertiary/aromatic N) is 3. The van der Waals surface area contributed by atoms with Gasteiger partial charge < -0.3 is 9.42 Å². The minimum Gasteiger partial charge on any atom is -0.341 e. The molecular weight excluding hydrogens is 338 g/mol. The fraction of sp³-hybridized carbons (Fsp3) is 0.591. The van der Waals surface area contributed by atoms with Gasteiger partial charge in [-0.05, 0) is 43.6 Å². The van der Waals surface area contributed by atoms with Crippen LogP contribution in [0.4, 0.5) is 0 Å². The molecule has 2 aromatic rings. The highest BCUT2D eigenvalue weighted by Gasteiger charge is 2.55. The van der Waals surface area contributed by atoms with Gasteiger partial charge in [0.2, 0.25) is 11.8 Å². The molecule has 1 aliphatic heterocycles. The first kappa shape index (κ1) is 17.0. The lowest BCUT2D eigenvalue weighted by atomic mass is 9.74. The molecule has 3 aliphatic rings. The molecule has 142 valence electrons. The molecule has 2 heterocycles. The molecule has 1 atom stereocenters. The average molecular weight is 365 g/mol. The van der Waals surface area contributed by atoms with E-state index in [-0.39, 0.29) is 10.8 Å². The summed E-state index contributed by atoms with van der Waals surface area (Å²) in [5, 5.41) is 4.30. The van der Waals surface area contributed by atoms with Gasteiger partial charge in [0.05, 0.1) is 10.8 Å². The number of carbonyl (C=O) groups is 1. The molecular formula is C22H27N3O2. The molecule has 5 nitrogen and oxygen atoms in total. The third-order valence-corrected chi connectivity index (χ3v) is 6.73. The number of rotatable bonds is 5. The molecule has 5 rings (SSSR count). The lowest BCUT2D eigenvalue weighted by molar-refractivity contribution is -0.136. The molecule has 0 bridgehead atoms. The first-order chi connectivity index (χ1) is 13.1. The van der Waals surface area contributed by atoms with Gasteiger partial charge >= 0.3 is 0 Å². The van der Waals surface area contributed by atoms with Crippen molar-refractivity contribution < 1.29 is 9.32 Å². The van der Waals surface area contributed by atoms with Crippen molar-refractivity contribution in [3.63, 3.8) is 0 Å². The summed E-state index contributed by atoms with van der Waals surface area (Å²) in [5.41, 5.74) is 0.736. The molecule has 2 saturated carbocycles. The summed E-state index contributed by atoms with van der Waals surface area (Å²) in [5.74, 6) is 2.48. The Labute approximate surface area is 160 Å². The van der Waals surface area contributed by atoms with Crippen molar-refractivity contribution in [3.05, 3.63) is 47.6 Å². The van der Waals surface area contributed by atoms with Crippen LogP contribution >= 0.6 is 0 Å². The summed E-state index contributed by atoms with van der Waals surface area (Å²) in [6.45, 7) is 3.42. The number of amides is 1. The lowest BCUT2D eigenvalue weighted by Gasteiger charge is -2.42. The van der Waals surface area contributed by atoms with Crippen molar-refractivity contribution in [2.24, 2.45) is 5.92 Å². The second-order valence-electron chi connectivity index (χ2n) is 8.84. The summed E-state index contributed by atoms with van der Waals surface area (Å²) in [7, 11) is 0. The largest absolute Gasteiger partial charge is 0.341 e. The maximum atomic E-state index is 13.6. The summed E-state index contributed by atoms with van der Waals surface area (Å²) in [4.78, 5) is 20.3. The quantitative estimate of drug-likeness (QED) is 0.809. The monoisotopic (exact) mass is 365 g/mol. The molecule has 0 N–H and O–H groups in total. The Morgan fingerprint density at radius 1 is 1.22 bits per heavy atom. The van der Waals surface area contributed by atoms with Gasteiger partial charge in [-0.15, -0.1) is 0 Å². The van der Waals surface area contributed by atoms with E-state index in [4.69, 9.17) is 4.52 Å². The molecule has 3 fully saturated rings. The zero-order valence-electron chi connectivity index (χ0n) is 16.0. The van der Waals surface area contributed by atoms with Crippen molar-refractivity contribution in [3.8, 4) is 0 Å². The van der Waals surface area contributed by atoms with Gasteiger partial charge in [-0.25, -0.2) is 0 Å². The Kier molecular flexibility index (Phi) is 3.88. The minimum absolute atomic E-state index is 0.139. The lowest BCUT2D eigenvalue weighted by Crippen LogP contribution is -2.52. The van der Waals surface area contributed by atoms with Gasteiger partial charge in [0.15, 0.2) is 5.82 Å². The van der Waals surface area contributed by atoms with E-state index in [2.05, 4.69) is 27.2 Å². The van der Waals surface area contributed by atoms with Crippen molar-refractivity contribution in [2.45, 2.75) is 62.7 Å². The molecule has 1 unspecified atom stereocenters. The summed E-state index contributed by atoms with van der Waals surface area (Å²) in [6.07, 6.45) is 7.64. The van der Waals surface area contributed by atoms with Gasteiger partial charge in [-0.1, -0.05) is 48.3 Å². The van der Waals surface area contributed by atoms with Crippen molar-refractivity contribution in [1.82, 2.24) is 15.0 Å². The summed E-state index contributed by atoms with van der Waals surface area (Å²) < 4.78 is 5.32. The highest BCUT2D eigenvalue weighted by molar-refractivity contribution is 5.91. The molecule has 27 heavy (non-hydrogen) atoms. The Hall–Kier alpha value is -2.17. The first-order valence-electron chi connectivity index (χ1n) is 10.3. The number of carbonyl (C=O) groups excluding carboxylic acids is 1. The molecule has 0 radical (unpaired) electrons. The molecule has 5 heteroatoms. The zero-order chi connectivity index (χ0) is 18.5. The molecule has 0 spiro atoms. The van der Waals surface area contributed by atoms with Gasteiger partial charge in [-0.2, -0.15) is 4.98 Å². The Morgan fingerprint density at radius 2 is 2.00 bits per heavy atom. The zero-order valence-corrected chi connectivity index (χ0v) is 16.0. The fourth-order valence-electron chi connectivity index (χ4n) is 4.95. The van der Waals surface area contributed by atoms with Crippen LogP contribution in [0.15, 0.2) is 34.9 Å². The summed E-state index contributed by atoms with van der Waals surface area (Å²) in [6, 6.07) is 10.3. The second-order valence-corrected chi connectivity index (χ2v) is 8.84. The third kappa shape index (κ3) is 2.97. The van der Waals surface area contributed by atoms with Gasteiger partial charge in [0.1, 0.15) is 0 Å². The highest BCUT2D eigenvalue weighted by Crippen LogP contribution is 2.51. The van der Waals surface area contributed by atoms with Crippen LogP contribution in [-0.4, -0.2) is 34.0 Å². The summed E-state index contributed by atoms with van der Waals surface area (Å²) >= 11 is 0. The Morgan fingerprint density at radius 3 is 2.63 bits per heavy atom. The predicted molar refractivity (Wildman–Crippen MR) is 101 cm³/mol. The van der Waals surface area contributed by atoms with Crippen LogP contribution in [0.2, 0.25) is 0 Å². The topological polar surface area (TPSA) is 59.2 Å². The predicted octanol–water partition coefficient (Wildman–Crippen LogP) is 3.77. The third-order valence-electron chi connectivity index (χ3n) is 6.73. The van der Waals surface area contributed by atoms with Crippen LogP contribution in [0.3, 0.4) is 0 Å². The molecule has 1 amide bonds. The van der Waals surface area contributed by atoms with E-state index >= 15 is 0 Å². The number of aromatic nitrogens is 2. The number of aryl methyl sites for hydroxylation is 1. The maximum absolute atomic E-state index is 13.6. The van der Waals surface area contributed by atoms with Gasteiger partial charge in [-0.3, -0.25) is 4.79 Å². The molecule has 1 aromatic heterocycles. The van der Waals surface area contributed by atoms with E-state index in [9.17, 15) is 4.79 Å². The Bertz CT molecular complexity index is 838. The minimum atomic E-state index is -0.295. The number of hydrogen-bond acceptors (Lipinski definition) is 4. The van der Waals surface area contributed by atoms with Gasteiger partial charge in [0.25, 0.3) is 0 Å². The van der Waals surface area contributed by atoms with Crippen LogP contribution in [0.5, 0.6) is 0 Å².